The quantitative estimate of drug-likeness (QED) is 0.755. The standard InChI is InChI=1S/C14H25NO3S/c1-10(12(16)17)6-4-7-11(2)15-13(18)14(3)8-5-9-19-14/h10-11H,4-9H2,1-3H3,(H,15,18)(H,16,17). The topological polar surface area (TPSA) is 66.4 Å². The van der Waals surface area contributed by atoms with E-state index in [0.29, 0.717) is 6.42 Å². The van der Waals surface area contributed by atoms with Gasteiger partial charge in [0.05, 0.1) is 10.7 Å². The third-order valence-electron chi connectivity index (χ3n) is 3.77. The van der Waals surface area contributed by atoms with Gasteiger partial charge in [-0.1, -0.05) is 13.3 Å². The Morgan fingerprint density at radius 3 is 2.58 bits per heavy atom. The molecule has 0 spiro atoms. The molecule has 3 unspecified atom stereocenters. The maximum Gasteiger partial charge on any atom is 0.306 e. The molecule has 5 heteroatoms. The first-order valence-electron chi connectivity index (χ1n) is 7.03. The second-order valence-corrected chi connectivity index (χ2v) is 7.33. The Hall–Kier alpha value is -0.710. The average Bonchev–Trinajstić information content (AvgIpc) is 2.77. The minimum Gasteiger partial charge on any atom is -0.481 e. The predicted octanol–water partition coefficient (Wildman–Crippen LogP) is 2.67. The minimum absolute atomic E-state index is 0.117. The van der Waals surface area contributed by atoms with Gasteiger partial charge in [-0.05, 0) is 45.3 Å². The average molecular weight is 287 g/mol. The molecule has 0 aromatic heterocycles. The van der Waals surface area contributed by atoms with E-state index in [1.54, 1.807) is 18.7 Å². The summed E-state index contributed by atoms with van der Waals surface area (Å²) >= 11 is 1.74. The van der Waals surface area contributed by atoms with Crippen molar-refractivity contribution in [1.82, 2.24) is 5.32 Å². The van der Waals surface area contributed by atoms with Crippen LogP contribution in [0.4, 0.5) is 0 Å². The van der Waals surface area contributed by atoms with Crippen LogP contribution in [0.1, 0.15) is 52.9 Å². The van der Waals surface area contributed by atoms with Crippen LogP contribution in [0.25, 0.3) is 0 Å². The Morgan fingerprint density at radius 2 is 2.05 bits per heavy atom. The number of carbonyl (C=O) groups excluding carboxylic acids is 1. The van der Waals surface area contributed by atoms with E-state index < -0.39 is 5.97 Å². The fourth-order valence-corrected chi connectivity index (χ4v) is 3.48. The number of thioether (sulfide) groups is 1. The highest BCUT2D eigenvalue weighted by Crippen LogP contribution is 2.37. The van der Waals surface area contributed by atoms with Crippen LogP contribution in [0.2, 0.25) is 0 Å². The molecule has 1 fully saturated rings. The van der Waals surface area contributed by atoms with E-state index in [0.717, 1.165) is 31.4 Å². The lowest BCUT2D eigenvalue weighted by atomic mass is 10.0. The molecule has 19 heavy (non-hydrogen) atoms. The number of carboxylic acids is 1. The molecule has 0 radical (unpaired) electrons. The summed E-state index contributed by atoms with van der Waals surface area (Å²) in [5, 5.41) is 11.9. The number of carbonyl (C=O) groups is 2. The number of nitrogens with one attached hydrogen (secondary N) is 1. The number of rotatable bonds is 7. The maximum atomic E-state index is 12.2. The highest BCUT2D eigenvalue weighted by molar-refractivity contribution is 8.01. The largest absolute Gasteiger partial charge is 0.481 e. The van der Waals surface area contributed by atoms with Crippen molar-refractivity contribution in [2.75, 3.05) is 5.75 Å². The molecule has 1 saturated heterocycles. The van der Waals surface area contributed by atoms with Crippen molar-refractivity contribution in [2.45, 2.75) is 63.7 Å². The van der Waals surface area contributed by atoms with Gasteiger partial charge in [0.25, 0.3) is 0 Å². The molecule has 1 aliphatic rings. The summed E-state index contributed by atoms with van der Waals surface area (Å²) in [7, 11) is 0. The predicted molar refractivity (Wildman–Crippen MR) is 78.4 cm³/mol. The monoisotopic (exact) mass is 287 g/mol. The molecule has 1 heterocycles. The zero-order valence-corrected chi connectivity index (χ0v) is 12.9. The lowest BCUT2D eigenvalue weighted by molar-refractivity contribution is -0.141. The lowest BCUT2D eigenvalue weighted by Gasteiger charge is -2.24. The summed E-state index contributed by atoms with van der Waals surface area (Å²) in [6, 6.07) is 0.117. The zero-order chi connectivity index (χ0) is 14.5. The fourth-order valence-electron chi connectivity index (χ4n) is 2.26. The van der Waals surface area contributed by atoms with Gasteiger partial charge in [-0.2, -0.15) is 0 Å². The number of amides is 1. The maximum absolute atomic E-state index is 12.2. The van der Waals surface area contributed by atoms with E-state index in [9.17, 15) is 9.59 Å². The lowest BCUT2D eigenvalue weighted by Crippen LogP contribution is -2.44. The van der Waals surface area contributed by atoms with Gasteiger partial charge in [-0.15, -0.1) is 11.8 Å². The van der Waals surface area contributed by atoms with E-state index in [4.69, 9.17) is 5.11 Å². The molecule has 1 rings (SSSR count). The number of hydrogen-bond acceptors (Lipinski definition) is 3. The van der Waals surface area contributed by atoms with Gasteiger partial charge in [0, 0.05) is 6.04 Å². The first-order valence-corrected chi connectivity index (χ1v) is 8.01. The zero-order valence-electron chi connectivity index (χ0n) is 12.1. The van der Waals surface area contributed by atoms with Crippen LogP contribution in [-0.4, -0.2) is 33.5 Å². The Bertz CT molecular complexity index is 327. The number of carboxylic acid groups (broad SMARTS) is 1. The molecule has 0 bridgehead atoms. The van der Waals surface area contributed by atoms with Crippen LogP contribution in [-0.2, 0) is 9.59 Å². The molecule has 0 saturated carbocycles. The summed E-state index contributed by atoms with van der Waals surface area (Å²) in [6.07, 6.45) is 4.40. The Labute approximate surface area is 119 Å². The van der Waals surface area contributed by atoms with Crippen molar-refractivity contribution in [1.29, 1.82) is 0 Å². The summed E-state index contributed by atoms with van der Waals surface area (Å²) in [5.74, 6) is 0.153. The molecular weight excluding hydrogens is 262 g/mol. The molecule has 0 aromatic carbocycles. The van der Waals surface area contributed by atoms with Crippen molar-refractivity contribution in [3.63, 3.8) is 0 Å². The first kappa shape index (κ1) is 16.3. The van der Waals surface area contributed by atoms with Gasteiger partial charge < -0.3 is 10.4 Å². The van der Waals surface area contributed by atoms with Crippen LogP contribution in [0, 0.1) is 5.92 Å². The Morgan fingerprint density at radius 1 is 1.37 bits per heavy atom. The van der Waals surface area contributed by atoms with Crippen molar-refractivity contribution >= 4 is 23.6 Å². The van der Waals surface area contributed by atoms with Crippen molar-refractivity contribution in [3.05, 3.63) is 0 Å². The van der Waals surface area contributed by atoms with Crippen molar-refractivity contribution < 1.29 is 14.7 Å². The summed E-state index contributed by atoms with van der Waals surface area (Å²) in [5.41, 5.74) is 0. The van der Waals surface area contributed by atoms with Crippen molar-refractivity contribution in [3.8, 4) is 0 Å². The number of aliphatic carboxylic acids is 1. The molecule has 0 aliphatic carbocycles. The molecule has 2 N–H and O–H groups in total. The van der Waals surface area contributed by atoms with Gasteiger partial charge >= 0.3 is 5.97 Å². The Balaban J connectivity index is 2.25. The van der Waals surface area contributed by atoms with Gasteiger partial charge in [-0.25, -0.2) is 0 Å². The van der Waals surface area contributed by atoms with Crippen LogP contribution in [0.3, 0.4) is 0 Å². The second kappa shape index (κ2) is 7.17. The number of hydrogen-bond donors (Lipinski definition) is 2. The smallest absolute Gasteiger partial charge is 0.306 e. The molecular formula is C14H25NO3S. The summed E-state index contributed by atoms with van der Waals surface area (Å²) in [6.45, 7) is 5.73. The van der Waals surface area contributed by atoms with Crippen molar-refractivity contribution in [2.24, 2.45) is 5.92 Å². The highest BCUT2D eigenvalue weighted by atomic mass is 32.2. The molecule has 110 valence electrons. The molecule has 0 aromatic rings. The second-order valence-electron chi connectivity index (χ2n) is 5.73. The van der Waals surface area contributed by atoms with E-state index in [-0.39, 0.29) is 22.6 Å². The normalized spacial score (nSPS) is 25.8. The summed E-state index contributed by atoms with van der Waals surface area (Å²) in [4.78, 5) is 22.9. The van der Waals surface area contributed by atoms with Crippen LogP contribution in [0.15, 0.2) is 0 Å². The van der Waals surface area contributed by atoms with Crippen LogP contribution >= 0.6 is 11.8 Å². The first-order chi connectivity index (χ1) is 8.85. The summed E-state index contributed by atoms with van der Waals surface area (Å²) < 4.78 is -0.261. The van der Waals surface area contributed by atoms with E-state index in [2.05, 4.69) is 5.32 Å². The third kappa shape index (κ3) is 5.05. The van der Waals surface area contributed by atoms with Crippen LogP contribution in [0.5, 0.6) is 0 Å². The minimum atomic E-state index is -0.744. The van der Waals surface area contributed by atoms with Gasteiger partial charge in [0.2, 0.25) is 5.91 Å². The Kier molecular flexibility index (Phi) is 6.17. The highest BCUT2D eigenvalue weighted by Gasteiger charge is 2.37. The molecule has 3 atom stereocenters. The third-order valence-corrected chi connectivity index (χ3v) is 5.29. The molecule has 4 nitrogen and oxygen atoms in total. The SMILES string of the molecule is CC(CCCC(C)C(=O)O)NC(=O)C1(C)CCCS1. The van der Waals surface area contributed by atoms with E-state index in [1.807, 2.05) is 13.8 Å². The molecule has 1 amide bonds. The van der Waals surface area contributed by atoms with Crippen LogP contribution < -0.4 is 5.32 Å². The van der Waals surface area contributed by atoms with E-state index in [1.165, 1.54) is 0 Å². The van der Waals surface area contributed by atoms with Gasteiger partial charge in [0.1, 0.15) is 0 Å². The van der Waals surface area contributed by atoms with E-state index >= 15 is 0 Å². The fraction of sp³-hybridized carbons (Fsp3) is 0.857. The van der Waals surface area contributed by atoms with Gasteiger partial charge in [-0.3, -0.25) is 9.59 Å². The van der Waals surface area contributed by atoms with Gasteiger partial charge in [0.15, 0.2) is 0 Å². The molecule has 1 aliphatic heterocycles.